The zero-order valence-electron chi connectivity index (χ0n) is 17.4. The Morgan fingerprint density at radius 1 is 1.09 bits per heavy atom. The maximum Gasteiger partial charge on any atom is 0.295 e. The molecule has 0 saturated heterocycles. The largest absolute Gasteiger partial charge is 0.352 e. The van der Waals surface area contributed by atoms with Crippen molar-refractivity contribution in [1.29, 1.82) is 0 Å². The molecular formula is C23H20FN5O2S. The number of halogens is 1. The Morgan fingerprint density at radius 2 is 1.88 bits per heavy atom. The third-order valence-electron chi connectivity index (χ3n) is 4.71. The van der Waals surface area contributed by atoms with E-state index >= 15 is 0 Å². The number of carbonyl (C=O) groups excluding carboxylic acids is 2. The highest BCUT2D eigenvalue weighted by atomic mass is 32.1. The van der Waals surface area contributed by atoms with Gasteiger partial charge in [0.25, 0.3) is 11.8 Å². The summed E-state index contributed by atoms with van der Waals surface area (Å²) < 4.78 is 14.9. The minimum atomic E-state index is -0.514. The van der Waals surface area contributed by atoms with Crippen molar-refractivity contribution < 1.29 is 14.0 Å². The van der Waals surface area contributed by atoms with E-state index in [0.29, 0.717) is 29.3 Å². The molecule has 0 saturated carbocycles. The molecule has 2 N–H and O–H groups in total. The molecule has 0 aliphatic rings. The molecule has 0 spiro atoms. The fourth-order valence-electron chi connectivity index (χ4n) is 3.07. The SMILES string of the molecule is CCNC(=O)c1ccc(C)c(NC(=O)c2nc(-c3cccs3)n(-c3ccc(F)cc3)n2)c1. The number of anilines is 1. The minimum Gasteiger partial charge on any atom is -0.352 e. The number of nitrogens with zero attached hydrogens (tertiary/aromatic N) is 3. The maximum absolute atomic E-state index is 13.4. The van der Waals surface area contributed by atoms with Crippen molar-refractivity contribution in [3.63, 3.8) is 0 Å². The summed E-state index contributed by atoms with van der Waals surface area (Å²) in [6.45, 7) is 4.17. The Kier molecular flexibility index (Phi) is 6.09. The molecular weight excluding hydrogens is 429 g/mol. The molecule has 2 aromatic carbocycles. The van der Waals surface area contributed by atoms with E-state index in [0.717, 1.165) is 10.4 Å². The van der Waals surface area contributed by atoms with Gasteiger partial charge in [0.05, 0.1) is 10.6 Å². The highest BCUT2D eigenvalue weighted by Crippen LogP contribution is 2.26. The smallest absolute Gasteiger partial charge is 0.295 e. The second kappa shape index (κ2) is 9.11. The molecule has 0 aliphatic carbocycles. The minimum absolute atomic E-state index is 0.0412. The summed E-state index contributed by atoms with van der Waals surface area (Å²) >= 11 is 1.46. The number of carbonyl (C=O) groups is 2. The van der Waals surface area contributed by atoms with Gasteiger partial charge in [-0.2, -0.15) is 0 Å². The Bertz CT molecular complexity index is 1270. The number of nitrogens with one attached hydrogen (secondary N) is 2. The fraction of sp³-hybridized carbons (Fsp3) is 0.130. The van der Waals surface area contributed by atoms with Gasteiger partial charge < -0.3 is 10.6 Å². The monoisotopic (exact) mass is 449 g/mol. The summed E-state index contributed by atoms with van der Waals surface area (Å²) in [7, 11) is 0. The fourth-order valence-corrected chi connectivity index (χ4v) is 3.77. The lowest BCUT2D eigenvalue weighted by atomic mass is 10.1. The predicted molar refractivity (Wildman–Crippen MR) is 122 cm³/mol. The van der Waals surface area contributed by atoms with E-state index < -0.39 is 5.91 Å². The van der Waals surface area contributed by atoms with Crippen LogP contribution >= 0.6 is 11.3 Å². The van der Waals surface area contributed by atoms with Gasteiger partial charge in [0.15, 0.2) is 5.82 Å². The van der Waals surface area contributed by atoms with Crippen molar-refractivity contribution in [3.05, 3.63) is 82.7 Å². The standard InChI is InChI=1S/C23H20FN5O2S/c1-3-25-22(30)15-7-6-14(2)18(13-15)26-23(31)20-27-21(19-5-4-12-32-19)29(28-20)17-10-8-16(24)9-11-17/h4-13H,3H2,1-2H3,(H,25,30)(H,26,31). The Morgan fingerprint density at radius 3 is 2.56 bits per heavy atom. The average Bonchev–Trinajstić information content (AvgIpc) is 3.46. The Labute approximate surface area is 187 Å². The van der Waals surface area contributed by atoms with Crippen molar-refractivity contribution in [2.45, 2.75) is 13.8 Å². The lowest BCUT2D eigenvalue weighted by Gasteiger charge is -2.09. The predicted octanol–water partition coefficient (Wildman–Crippen LogP) is 4.45. The number of rotatable bonds is 6. The van der Waals surface area contributed by atoms with Gasteiger partial charge in [0.2, 0.25) is 5.82 Å². The summed E-state index contributed by atoms with van der Waals surface area (Å²) in [6, 6.07) is 14.6. The molecule has 0 fully saturated rings. The van der Waals surface area contributed by atoms with Crippen molar-refractivity contribution in [2.24, 2.45) is 0 Å². The van der Waals surface area contributed by atoms with E-state index in [4.69, 9.17) is 0 Å². The zero-order valence-corrected chi connectivity index (χ0v) is 18.2. The van der Waals surface area contributed by atoms with E-state index in [1.54, 1.807) is 30.3 Å². The van der Waals surface area contributed by atoms with Crippen molar-refractivity contribution in [3.8, 4) is 16.4 Å². The summed E-state index contributed by atoms with van der Waals surface area (Å²) in [5, 5.41) is 11.8. The molecule has 0 aliphatic heterocycles. The third-order valence-corrected chi connectivity index (χ3v) is 5.57. The maximum atomic E-state index is 13.4. The van der Waals surface area contributed by atoms with Crippen molar-refractivity contribution in [2.75, 3.05) is 11.9 Å². The summed E-state index contributed by atoms with van der Waals surface area (Å²) in [5.74, 6) is -0.668. The van der Waals surface area contributed by atoms with Crippen LogP contribution in [-0.2, 0) is 0 Å². The van der Waals surface area contributed by atoms with Crippen LogP contribution in [0.2, 0.25) is 0 Å². The molecule has 4 rings (SSSR count). The van der Waals surface area contributed by atoms with Crippen LogP contribution in [0.1, 0.15) is 33.5 Å². The summed E-state index contributed by atoms with van der Waals surface area (Å²) in [4.78, 5) is 30.4. The number of thiophene rings is 1. The average molecular weight is 450 g/mol. The highest BCUT2D eigenvalue weighted by Gasteiger charge is 2.20. The topological polar surface area (TPSA) is 88.9 Å². The first-order valence-corrected chi connectivity index (χ1v) is 10.8. The number of hydrogen-bond acceptors (Lipinski definition) is 5. The van der Waals surface area contributed by atoms with Crippen LogP contribution in [-0.4, -0.2) is 33.1 Å². The second-order valence-corrected chi connectivity index (χ2v) is 7.92. The Balaban J connectivity index is 1.68. The second-order valence-electron chi connectivity index (χ2n) is 6.97. The molecule has 4 aromatic rings. The highest BCUT2D eigenvalue weighted by molar-refractivity contribution is 7.13. The van der Waals surface area contributed by atoms with Crippen LogP contribution in [0.15, 0.2) is 60.0 Å². The van der Waals surface area contributed by atoms with E-state index in [2.05, 4.69) is 20.7 Å². The molecule has 0 bridgehead atoms. The first-order chi connectivity index (χ1) is 15.5. The zero-order chi connectivity index (χ0) is 22.7. The van der Waals surface area contributed by atoms with E-state index in [1.807, 2.05) is 31.4 Å². The molecule has 2 heterocycles. The molecule has 7 nitrogen and oxygen atoms in total. The number of hydrogen-bond donors (Lipinski definition) is 2. The van der Waals surface area contributed by atoms with Gasteiger partial charge in [0, 0.05) is 17.8 Å². The van der Waals surface area contributed by atoms with E-state index in [1.165, 1.54) is 28.2 Å². The number of amides is 2. The van der Waals surface area contributed by atoms with Crippen LogP contribution in [0.5, 0.6) is 0 Å². The van der Waals surface area contributed by atoms with Crippen molar-refractivity contribution >= 4 is 28.8 Å². The van der Waals surface area contributed by atoms with Gasteiger partial charge in [-0.05, 0) is 67.3 Å². The van der Waals surface area contributed by atoms with Crippen LogP contribution < -0.4 is 10.6 Å². The quantitative estimate of drug-likeness (QED) is 0.455. The van der Waals surface area contributed by atoms with E-state index in [-0.39, 0.29) is 17.5 Å². The van der Waals surface area contributed by atoms with Crippen LogP contribution in [0.25, 0.3) is 16.4 Å². The summed E-state index contributed by atoms with van der Waals surface area (Å²) in [5.41, 5.74) is 2.31. The summed E-state index contributed by atoms with van der Waals surface area (Å²) in [6.07, 6.45) is 0. The molecule has 9 heteroatoms. The van der Waals surface area contributed by atoms with Gasteiger partial charge >= 0.3 is 0 Å². The lowest BCUT2D eigenvalue weighted by molar-refractivity contribution is 0.0954. The molecule has 162 valence electrons. The first-order valence-electron chi connectivity index (χ1n) is 9.93. The van der Waals surface area contributed by atoms with Gasteiger partial charge in [-0.1, -0.05) is 12.1 Å². The van der Waals surface area contributed by atoms with Crippen LogP contribution in [0.3, 0.4) is 0 Å². The van der Waals surface area contributed by atoms with Crippen LogP contribution in [0, 0.1) is 12.7 Å². The molecule has 32 heavy (non-hydrogen) atoms. The van der Waals surface area contributed by atoms with Gasteiger partial charge in [0.1, 0.15) is 5.82 Å². The van der Waals surface area contributed by atoms with Gasteiger partial charge in [-0.15, -0.1) is 16.4 Å². The third kappa shape index (κ3) is 4.42. The van der Waals surface area contributed by atoms with Gasteiger partial charge in [-0.25, -0.2) is 14.1 Å². The number of aromatic nitrogens is 3. The van der Waals surface area contributed by atoms with Gasteiger partial charge in [-0.3, -0.25) is 9.59 Å². The molecule has 0 radical (unpaired) electrons. The first kappa shape index (κ1) is 21.4. The molecule has 2 amide bonds. The number of benzene rings is 2. The molecule has 2 aromatic heterocycles. The van der Waals surface area contributed by atoms with Crippen molar-refractivity contribution in [1.82, 2.24) is 20.1 Å². The van der Waals surface area contributed by atoms with E-state index in [9.17, 15) is 14.0 Å². The Hall–Kier alpha value is -3.85. The number of aryl methyl sites for hydroxylation is 1. The van der Waals surface area contributed by atoms with Crippen LogP contribution in [0.4, 0.5) is 10.1 Å². The molecule has 0 atom stereocenters. The molecule has 0 unspecified atom stereocenters. The normalized spacial score (nSPS) is 10.7. The lowest BCUT2D eigenvalue weighted by Crippen LogP contribution is -2.23.